The maximum atomic E-state index is 12.6. The molecule has 0 saturated heterocycles. The normalized spacial score (nSPS) is 13.6. The van der Waals surface area contributed by atoms with Crippen molar-refractivity contribution in [2.45, 2.75) is 57.9 Å². The average Bonchev–Trinajstić information content (AvgIpc) is 2.95. The SMILES string of the molecule is CCC(N)(CO)CCc1c(Cl)cc(C(=O)CCCc2ccc(C)cc2)n1C. The number of rotatable bonds is 10. The van der Waals surface area contributed by atoms with Crippen molar-refractivity contribution in [3.8, 4) is 0 Å². The van der Waals surface area contributed by atoms with Gasteiger partial charge in [-0.3, -0.25) is 4.79 Å². The third-order valence-electron chi connectivity index (χ3n) is 5.46. The molecule has 0 saturated carbocycles. The van der Waals surface area contributed by atoms with Crippen LogP contribution in [0.25, 0.3) is 0 Å². The highest BCUT2D eigenvalue weighted by Crippen LogP contribution is 2.25. The molecule has 3 N–H and O–H groups in total. The highest BCUT2D eigenvalue weighted by atomic mass is 35.5. The first-order valence-electron chi connectivity index (χ1n) is 9.62. The number of nitrogens with zero attached hydrogens (tertiary/aromatic N) is 1. The Bertz CT molecular complexity index is 761. The van der Waals surface area contributed by atoms with Gasteiger partial charge in [0.1, 0.15) is 0 Å². The zero-order valence-electron chi connectivity index (χ0n) is 16.6. The molecule has 0 fully saturated rings. The number of carbonyl (C=O) groups is 1. The van der Waals surface area contributed by atoms with Crippen molar-refractivity contribution in [1.29, 1.82) is 0 Å². The number of carbonyl (C=O) groups excluding carboxylic acids is 1. The minimum Gasteiger partial charge on any atom is -0.394 e. The van der Waals surface area contributed by atoms with Gasteiger partial charge in [-0.15, -0.1) is 0 Å². The van der Waals surface area contributed by atoms with E-state index in [1.807, 2.05) is 18.5 Å². The molecule has 1 heterocycles. The van der Waals surface area contributed by atoms with Crippen LogP contribution >= 0.6 is 11.6 Å². The van der Waals surface area contributed by atoms with Crippen LogP contribution in [0.15, 0.2) is 30.3 Å². The van der Waals surface area contributed by atoms with Crippen LogP contribution in [-0.2, 0) is 19.9 Å². The molecule has 2 rings (SSSR count). The summed E-state index contributed by atoms with van der Waals surface area (Å²) in [6.07, 6.45) is 4.14. The molecule has 0 bridgehead atoms. The summed E-state index contributed by atoms with van der Waals surface area (Å²) in [5, 5.41) is 10.1. The van der Waals surface area contributed by atoms with Gasteiger partial charge >= 0.3 is 0 Å². The first kappa shape index (κ1) is 21.7. The molecular weight excluding hydrogens is 360 g/mol. The van der Waals surface area contributed by atoms with Gasteiger partial charge in [-0.05, 0) is 50.7 Å². The number of aryl methyl sites for hydroxylation is 2. The van der Waals surface area contributed by atoms with E-state index in [-0.39, 0.29) is 12.4 Å². The number of hydrogen-bond acceptors (Lipinski definition) is 3. The van der Waals surface area contributed by atoms with Gasteiger partial charge in [0, 0.05) is 24.7 Å². The summed E-state index contributed by atoms with van der Waals surface area (Å²) in [6.45, 7) is 3.97. The average molecular weight is 391 g/mol. The maximum absolute atomic E-state index is 12.6. The third-order valence-corrected chi connectivity index (χ3v) is 5.79. The second-order valence-corrected chi connectivity index (χ2v) is 7.93. The van der Waals surface area contributed by atoms with E-state index in [9.17, 15) is 9.90 Å². The van der Waals surface area contributed by atoms with Gasteiger partial charge in [0.15, 0.2) is 5.78 Å². The fraction of sp³-hybridized carbons (Fsp3) is 0.500. The monoisotopic (exact) mass is 390 g/mol. The van der Waals surface area contributed by atoms with E-state index in [1.54, 1.807) is 6.07 Å². The Kier molecular flexibility index (Phi) is 7.66. The minimum atomic E-state index is -0.605. The Balaban J connectivity index is 1.97. The number of aliphatic hydroxyl groups excluding tert-OH is 1. The fourth-order valence-corrected chi connectivity index (χ4v) is 3.56. The first-order valence-corrected chi connectivity index (χ1v) is 10.00. The van der Waals surface area contributed by atoms with Crippen molar-refractivity contribution >= 4 is 17.4 Å². The molecule has 2 aromatic rings. The molecule has 0 aliphatic rings. The molecule has 1 atom stereocenters. The lowest BCUT2D eigenvalue weighted by Crippen LogP contribution is -2.43. The van der Waals surface area contributed by atoms with Crippen LogP contribution in [0.3, 0.4) is 0 Å². The van der Waals surface area contributed by atoms with E-state index in [0.717, 1.165) is 18.5 Å². The van der Waals surface area contributed by atoms with Crippen molar-refractivity contribution in [1.82, 2.24) is 4.57 Å². The van der Waals surface area contributed by atoms with Crippen LogP contribution in [0, 0.1) is 6.92 Å². The lowest BCUT2D eigenvalue weighted by Gasteiger charge is -2.25. The largest absolute Gasteiger partial charge is 0.394 e. The lowest BCUT2D eigenvalue weighted by atomic mass is 9.92. The zero-order valence-corrected chi connectivity index (χ0v) is 17.4. The van der Waals surface area contributed by atoms with Gasteiger partial charge in [0.2, 0.25) is 0 Å². The number of aliphatic hydroxyl groups is 1. The molecule has 0 spiro atoms. The number of halogens is 1. The van der Waals surface area contributed by atoms with Crippen LogP contribution in [0.5, 0.6) is 0 Å². The molecule has 0 aliphatic carbocycles. The second kappa shape index (κ2) is 9.54. The zero-order chi connectivity index (χ0) is 20.0. The number of benzene rings is 1. The number of nitrogens with two attached hydrogens (primary N) is 1. The standard InChI is InChI=1S/C22H31ClN2O2/c1-4-22(24,15-26)13-12-19-18(23)14-20(25(19)3)21(27)7-5-6-17-10-8-16(2)9-11-17/h8-11,14,26H,4-7,12-13,15,24H2,1-3H3. The summed E-state index contributed by atoms with van der Waals surface area (Å²) in [7, 11) is 1.87. The summed E-state index contributed by atoms with van der Waals surface area (Å²) in [5.74, 6) is 0.106. The van der Waals surface area contributed by atoms with Gasteiger partial charge in [-0.2, -0.15) is 0 Å². The Hall–Kier alpha value is -1.62. The summed E-state index contributed by atoms with van der Waals surface area (Å²) in [5.41, 5.74) is 9.60. The Morgan fingerprint density at radius 2 is 1.93 bits per heavy atom. The molecule has 0 amide bonds. The van der Waals surface area contributed by atoms with E-state index >= 15 is 0 Å². The predicted molar refractivity (Wildman–Crippen MR) is 111 cm³/mol. The Morgan fingerprint density at radius 3 is 2.52 bits per heavy atom. The van der Waals surface area contributed by atoms with Crippen molar-refractivity contribution in [3.05, 3.63) is 57.9 Å². The van der Waals surface area contributed by atoms with Crippen LogP contribution in [0.2, 0.25) is 5.02 Å². The molecule has 4 nitrogen and oxygen atoms in total. The van der Waals surface area contributed by atoms with Crippen molar-refractivity contribution in [3.63, 3.8) is 0 Å². The molecule has 5 heteroatoms. The summed E-state index contributed by atoms with van der Waals surface area (Å²) >= 11 is 6.38. The van der Waals surface area contributed by atoms with Crippen LogP contribution in [0.4, 0.5) is 0 Å². The second-order valence-electron chi connectivity index (χ2n) is 7.52. The van der Waals surface area contributed by atoms with Gasteiger partial charge in [0.25, 0.3) is 0 Å². The third kappa shape index (κ3) is 5.68. The molecule has 148 valence electrons. The molecule has 27 heavy (non-hydrogen) atoms. The molecule has 1 unspecified atom stereocenters. The molecule has 0 aliphatic heterocycles. The summed E-state index contributed by atoms with van der Waals surface area (Å²) in [4.78, 5) is 12.6. The molecule has 1 aromatic carbocycles. The summed E-state index contributed by atoms with van der Waals surface area (Å²) < 4.78 is 1.88. The van der Waals surface area contributed by atoms with Crippen LogP contribution in [-0.4, -0.2) is 27.6 Å². The maximum Gasteiger partial charge on any atom is 0.179 e. The van der Waals surface area contributed by atoms with E-state index < -0.39 is 5.54 Å². The number of aromatic nitrogens is 1. The van der Waals surface area contributed by atoms with Crippen molar-refractivity contribution in [2.75, 3.05) is 6.61 Å². The first-order chi connectivity index (χ1) is 12.8. The number of Topliss-reactive ketones (excluding diaryl/α,β-unsaturated/α-hetero) is 1. The van der Waals surface area contributed by atoms with Gasteiger partial charge in [-0.25, -0.2) is 0 Å². The smallest absolute Gasteiger partial charge is 0.179 e. The highest BCUT2D eigenvalue weighted by molar-refractivity contribution is 6.31. The van der Waals surface area contributed by atoms with Crippen LogP contribution in [0.1, 0.15) is 59.9 Å². The quantitative estimate of drug-likeness (QED) is 0.596. The number of ketones is 1. The Morgan fingerprint density at radius 1 is 1.26 bits per heavy atom. The van der Waals surface area contributed by atoms with Crippen molar-refractivity contribution in [2.24, 2.45) is 12.8 Å². The topological polar surface area (TPSA) is 68.2 Å². The summed E-state index contributed by atoms with van der Waals surface area (Å²) in [6, 6.07) is 10.2. The molecule has 1 aromatic heterocycles. The molecular formula is C22H31ClN2O2. The van der Waals surface area contributed by atoms with E-state index in [2.05, 4.69) is 31.2 Å². The fourth-order valence-electron chi connectivity index (χ4n) is 3.23. The van der Waals surface area contributed by atoms with Crippen molar-refractivity contribution < 1.29 is 9.90 Å². The lowest BCUT2D eigenvalue weighted by molar-refractivity contribution is 0.0972. The molecule has 0 radical (unpaired) electrons. The van der Waals surface area contributed by atoms with Gasteiger partial charge in [0.05, 0.1) is 17.3 Å². The van der Waals surface area contributed by atoms with E-state index in [0.29, 0.717) is 36.4 Å². The minimum absolute atomic E-state index is 0.0592. The predicted octanol–water partition coefficient (Wildman–Crippen LogP) is 4.22. The van der Waals surface area contributed by atoms with E-state index in [1.165, 1.54) is 11.1 Å². The highest BCUT2D eigenvalue weighted by Gasteiger charge is 2.24. The van der Waals surface area contributed by atoms with E-state index in [4.69, 9.17) is 17.3 Å². The Labute approximate surface area is 167 Å². The van der Waals surface area contributed by atoms with Gasteiger partial charge in [-0.1, -0.05) is 48.4 Å². The van der Waals surface area contributed by atoms with Crippen LogP contribution < -0.4 is 5.73 Å². The number of hydrogen-bond donors (Lipinski definition) is 2. The van der Waals surface area contributed by atoms with Gasteiger partial charge < -0.3 is 15.4 Å².